The molecular formula is C15H17I2NO2. The van der Waals surface area contributed by atoms with Crippen molar-refractivity contribution in [1.82, 2.24) is 5.32 Å². The average molecular weight is 497 g/mol. The summed E-state index contributed by atoms with van der Waals surface area (Å²) in [5.41, 5.74) is 2.89. The fraction of sp³-hybridized carbons (Fsp3) is 0.533. The molecule has 2 aliphatic rings. The van der Waals surface area contributed by atoms with Crippen LogP contribution in [0.25, 0.3) is 0 Å². The van der Waals surface area contributed by atoms with E-state index in [1.165, 1.54) is 24.7 Å². The number of nitrogens with one attached hydrogen (secondary N) is 1. The van der Waals surface area contributed by atoms with E-state index in [4.69, 9.17) is 4.74 Å². The van der Waals surface area contributed by atoms with Gasteiger partial charge < -0.3 is 10.1 Å². The summed E-state index contributed by atoms with van der Waals surface area (Å²) < 4.78 is 8.35. The average Bonchev–Trinajstić information content (AvgIpc) is 2.99. The molecule has 5 heteroatoms. The maximum atomic E-state index is 11.4. The number of hydrogen-bond donors (Lipinski definition) is 1. The van der Waals surface area contributed by atoms with Gasteiger partial charge in [-0.25, -0.2) is 0 Å². The van der Waals surface area contributed by atoms with Crippen LogP contribution in [0.2, 0.25) is 0 Å². The van der Waals surface area contributed by atoms with E-state index in [2.05, 4.69) is 56.6 Å². The van der Waals surface area contributed by atoms with Crippen LogP contribution in [-0.4, -0.2) is 19.1 Å². The van der Waals surface area contributed by atoms with Crippen LogP contribution in [0.15, 0.2) is 6.07 Å². The standard InChI is InChI=1S/C15H17I2NO2/c1-2-13(19)18-7-8-5-10(8)14-9-3-4-20-15(9)12(17)6-11(14)16/h6,8,10H,2-5,7H2,1H3,(H,18,19). The minimum atomic E-state index is 0.154. The van der Waals surface area contributed by atoms with Crippen LogP contribution < -0.4 is 10.1 Å². The third-order valence-electron chi connectivity index (χ3n) is 4.10. The monoisotopic (exact) mass is 497 g/mol. The van der Waals surface area contributed by atoms with Gasteiger partial charge in [0.15, 0.2) is 0 Å². The maximum absolute atomic E-state index is 11.4. The molecule has 0 bridgehead atoms. The van der Waals surface area contributed by atoms with Gasteiger partial charge in [-0.1, -0.05) is 6.92 Å². The molecule has 1 aromatic rings. The number of carbonyl (C=O) groups is 1. The largest absolute Gasteiger partial charge is 0.492 e. The Hall–Kier alpha value is -0.0500. The second-order valence-corrected chi connectivity index (χ2v) is 7.74. The van der Waals surface area contributed by atoms with E-state index in [0.717, 1.165) is 25.3 Å². The van der Waals surface area contributed by atoms with Gasteiger partial charge in [-0.2, -0.15) is 0 Å². The predicted molar refractivity (Wildman–Crippen MR) is 95.2 cm³/mol. The summed E-state index contributed by atoms with van der Waals surface area (Å²) >= 11 is 4.81. The molecule has 108 valence electrons. The van der Waals surface area contributed by atoms with Crippen molar-refractivity contribution in [2.45, 2.75) is 32.1 Å². The first kappa shape index (κ1) is 14.9. The molecule has 1 aromatic carbocycles. The summed E-state index contributed by atoms with van der Waals surface area (Å²) in [6, 6.07) is 2.22. The van der Waals surface area contributed by atoms with Gasteiger partial charge in [0.2, 0.25) is 5.91 Å². The molecule has 0 spiro atoms. The van der Waals surface area contributed by atoms with Gasteiger partial charge in [0, 0.05) is 28.5 Å². The molecule has 20 heavy (non-hydrogen) atoms. The van der Waals surface area contributed by atoms with E-state index in [1.54, 1.807) is 0 Å². The highest BCUT2D eigenvalue weighted by atomic mass is 127. The van der Waals surface area contributed by atoms with E-state index in [1.807, 2.05) is 6.92 Å². The number of fused-ring (bicyclic) bond motifs is 1. The van der Waals surface area contributed by atoms with E-state index in [9.17, 15) is 4.79 Å². The molecule has 3 nitrogen and oxygen atoms in total. The highest BCUT2D eigenvalue weighted by molar-refractivity contribution is 14.1. The lowest BCUT2D eigenvalue weighted by Gasteiger charge is -2.12. The summed E-state index contributed by atoms with van der Waals surface area (Å²) in [6.07, 6.45) is 2.79. The summed E-state index contributed by atoms with van der Waals surface area (Å²) in [6.45, 7) is 3.52. The van der Waals surface area contributed by atoms with E-state index in [0.29, 0.717) is 18.3 Å². The lowest BCUT2D eigenvalue weighted by molar-refractivity contribution is -0.120. The lowest BCUT2D eigenvalue weighted by atomic mass is 10.00. The molecule has 2 atom stereocenters. The van der Waals surface area contributed by atoms with Gasteiger partial charge >= 0.3 is 0 Å². The Labute approximate surface area is 146 Å². The lowest BCUT2D eigenvalue weighted by Crippen LogP contribution is -2.24. The van der Waals surface area contributed by atoms with Gasteiger partial charge in [-0.05, 0) is 75.1 Å². The van der Waals surface area contributed by atoms with Gasteiger partial charge in [0.05, 0.1) is 10.2 Å². The Morgan fingerprint density at radius 1 is 1.45 bits per heavy atom. The number of benzene rings is 1. The predicted octanol–water partition coefficient (Wildman–Crippen LogP) is 3.46. The Kier molecular flexibility index (Phi) is 4.45. The topological polar surface area (TPSA) is 38.3 Å². The SMILES string of the molecule is CCC(=O)NCC1CC1c1c(I)cc(I)c2c1CCO2. The van der Waals surface area contributed by atoms with Gasteiger partial charge in [-0.15, -0.1) is 0 Å². The van der Waals surface area contributed by atoms with Crippen LogP contribution in [-0.2, 0) is 11.2 Å². The summed E-state index contributed by atoms with van der Waals surface area (Å²) in [5, 5.41) is 3.02. The van der Waals surface area contributed by atoms with E-state index >= 15 is 0 Å². The number of ether oxygens (including phenoxy) is 1. The minimum Gasteiger partial charge on any atom is -0.492 e. The molecule has 0 saturated heterocycles. The quantitative estimate of drug-likeness (QED) is 0.648. The Morgan fingerprint density at radius 3 is 3.00 bits per heavy atom. The summed E-state index contributed by atoms with van der Waals surface area (Å²) in [5.74, 6) is 2.46. The Balaban J connectivity index is 1.76. The molecule has 1 N–H and O–H groups in total. The Morgan fingerprint density at radius 2 is 2.25 bits per heavy atom. The molecule has 2 unspecified atom stereocenters. The van der Waals surface area contributed by atoms with Crippen molar-refractivity contribution >= 4 is 51.1 Å². The number of amides is 1. The number of rotatable bonds is 4. The molecular weight excluding hydrogens is 480 g/mol. The molecule has 0 radical (unpaired) electrons. The second kappa shape index (κ2) is 5.98. The van der Waals surface area contributed by atoms with Crippen LogP contribution in [0.1, 0.15) is 36.8 Å². The first-order valence-corrected chi connectivity index (χ1v) is 9.17. The van der Waals surface area contributed by atoms with Crippen LogP contribution in [0.5, 0.6) is 5.75 Å². The fourth-order valence-corrected chi connectivity index (χ4v) is 5.35. The van der Waals surface area contributed by atoms with Gasteiger partial charge in [0.1, 0.15) is 5.75 Å². The Bertz CT molecular complexity index is 559. The normalized spacial score (nSPS) is 23.1. The van der Waals surface area contributed by atoms with Crippen molar-refractivity contribution in [3.05, 3.63) is 24.3 Å². The smallest absolute Gasteiger partial charge is 0.219 e. The minimum absolute atomic E-state index is 0.154. The molecule has 1 aliphatic carbocycles. The fourth-order valence-electron chi connectivity index (χ4n) is 2.92. The third-order valence-corrected chi connectivity index (χ3v) is 5.80. The molecule has 3 rings (SSSR count). The summed E-state index contributed by atoms with van der Waals surface area (Å²) in [4.78, 5) is 11.4. The van der Waals surface area contributed by atoms with Crippen LogP contribution in [0.3, 0.4) is 0 Å². The molecule has 1 fully saturated rings. The van der Waals surface area contributed by atoms with Gasteiger partial charge in [-0.3, -0.25) is 4.79 Å². The zero-order valence-electron chi connectivity index (χ0n) is 11.3. The highest BCUT2D eigenvalue weighted by Crippen LogP contribution is 2.52. The van der Waals surface area contributed by atoms with Crippen molar-refractivity contribution in [2.24, 2.45) is 5.92 Å². The molecule has 1 amide bonds. The van der Waals surface area contributed by atoms with Crippen molar-refractivity contribution < 1.29 is 9.53 Å². The maximum Gasteiger partial charge on any atom is 0.219 e. The first-order chi connectivity index (χ1) is 9.61. The van der Waals surface area contributed by atoms with Crippen molar-refractivity contribution in [3.63, 3.8) is 0 Å². The second-order valence-electron chi connectivity index (χ2n) is 5.42. The number of carbonyl (C=O) groups excluding carboxylic acids is 1. The van der Waals surface area contributed by atoms with Crippen LogP contribution in [0.4, 0.5) is 0 Å². The molecule has 1 heterocycles. The van der Waals surface area contributed by atoms with Gasteiger partial charge in [0.25, 0.3) is 0 Å². The highest BCUT2D eigenvalue weighted by Gasteiger charge is 2.42. The van der Waals surface area contributed by atoms with Crippen molar-refractivity contribution in [2.75, 3.05) is 13.2 Å². The number of halogens is 2. The van der Waals surface area contributed by atoms with E-state index < -0.39 is 0 Å². The number of hydrogen-bond acceptors (Lipinski definition) is 2. The zero-order chi connectivity index (χ0) is 14.3. The zero-order valence-corrected chi connectivity index (χ0v) is 15.7. The van der Waals surface area contributed by atoms with Crippen LogP contribution >= 0.6 is 45.2 Å². The molecule has 1 aliphatic heterocycles. The molecule has 0 aromatic heterocycles. The van der Waals surface area contributed by atoms with Crippen molar-refractivity contribution in [1.29, 1.82) is 0 Å². The third kappa shape index (κ3) is 2.80. The van der Waals surface area contributed by atoms with Crippen LogP contribution in [0, 0.1) is 13.1 Å². The first-order valence-electron chi connectivity index (χ1n) is 7.02. The summed E-state index contributed by atoms with van der Waals surface area (Å²) in [7, 11) is 0. The van der Waals surface area contributed by atoms with E-state index in [-0.39, 0.29) is 5.91 Å². The molecule has 1 saturated carbocycles. The van der Waals surface area contributed by atoms with Crippen molar-refractivity contribution in [3.8, 4) is 5.75 Å².